The van der Waals surface area contributed by atoms with E-state index in [0.717, 1.165) is 30.5 Å². The first kappa shape index (κ1) is 22.8. The molecule has 1 N–H and O–H groups in total. The predicted octanol–water partition coefficient (Wildman–Crippen LogP) is 5.48. The molecule has 0 saturated heterocycles. The van der Waals surface area contributed by atoms with Crippen molar-refractivity contribution in [3.63, 3.8) is 0 Å². The van der Waals surface area contributed by atoms with Crippen LogP contribution in [0.3, 0.4) is 0 Å². The molecular formula is C27H31N3O3. The van der Waals surface area contributed by atoms with E-state index in [-0.39, 0.29) is 23.8 Å². The molecule has 0 fully saturated rings. The number of hydrogen-bond acceptors (Lipinski definition) is 4. The average molecular weight is 446 g/mol. The van der Waals surface area contributed by atoms with Gasteiger partial charge < -0.3 is 10.1 Å². The first-order valence-corrected chi connectivity index (χ1v) is 11.6. The number of nitrogens with zero attached hydrogens (tertiary/aromatic N) is 2. The minimum Gasteiger partial charge on any atom is -0.424 e. The van der Waals surface area contributed by atoms with Gasteiger partial charge in [0.25, 0.3) is 5.91 Å². The Labute approximate surface area is 195 Å². The SMILES string of the molecule is CCC(=O)Oc1ccc(CC)cc1NC(=O)c1cnn2c1C[C@H](c1ccccc1)CC2(C)C. The number of carbonyl (C=O) groups is 2. The number of ether oxygens (including phenoxy) is 1. The summed E-state index contributed by atoms with van der Waals surface area (Å²) in [5, 5.41) is 7.57. The Kier molecular flexibility index (Phi) is 6.36. The van der Waals surface area contributed by atoms with Gasteiger partial charge in [-0.15, -0.1) is 0 Å². The number of amides is 1. The van der Waals surface area contributed by atoms with Crippen LogP contribution in [0.25, 0.3) is 0 Å². The van der Waals surface area contributed by atoms with Crippen molar-refractivity contribution >= 4 is 17.6 Å². The molecule has 6 heteroatoms. The van der Waals surface area contributed by atoms with Gasteiger partial charge in [0.05, 0.1) is 28.7 Å². The zero-order valence-electron chi connectivity index (χ0n) is 19.7. The molecule has 0 aliphatic carbocycles. The van der Waals surface area contributed by atoms with Crippen molar-refractivity contribution in [1.82, 2.24) is 9.78 Å². The fourth-order valence-electron chi connectivity index (χ4n) is 4.61. The van der Waals surface area contributed by atoms with Crippen LogP contribution in [0.2, 0.25) is 0 Å². The Hall–Kier alpha value is -3.41. The Morgan fingerprint density at radius 2 is 1.91 bits per heavy atom. The van der Waals surface area contributed by atoms with Crippen LogP contribution in [0.5, 0.6) is 5.75 Å². The lowest BCUT2D eigenvalue weighted by atomic mass is 9.79. The number of rotatable bonds is 6. The summed E-state index contributed by atoms with van der Waals surface area (Å²) in [6.45, 7) is 8.10. The largest absolute Gasteiger partial charge is 0.424 e. The van der Waals surface area contributed by atoms with Crippen LogP contribution >= 0.6 is 0 Å². The monoisotopic (exact) mass is 445 g/mol. The molecule has 2 heterocycles. The maximum absolute atomic E-state index is 13.4. The molecule has 6 nitrogen and oxygen atoms in total. The summed E-state index contributed by atoms with van der Waals surface area (Å²) >= 11 is 0. The summed E-state index contributed by atoms with van der Waals surface area (Å²) in [7, 11) is 0. The summed E-state index contributed by atoms with van der Waals surface area (Å²) < 4.78 is 7.45. The molecule has 0 unspecified atom stereocenters. The van der Waals surface area contributed by atoms with Gasteiger partial charge >= 0.3 is 5.97 Å². The second-order valence-corrected chi connectivity index (χ2v) is 9.21. The van der Waals surface area contributed by atoms with Crippen molar-refractivity contribution < 1.29 is 14.3 Å². The van der Waals surface area contributed by atoms with Crippen LogP contribution in [0.1, 0.15) is 73.6 Å². The van der Waals surface area contributed by atoms with Gasteiger partial charge in [0.1, 0.15) is 0 Å². The highest BCUT2D eigenvalue weighted by molar-refractivity contribution is 6.06. The van der Waals surface area contributed by atoms with Gasteiger partial charge in [0.2, 0.25) is 0 Å². The van der Waals surface area contributed by atoms with Gasteiger partial charge in [-0.25, -0.2) is 0 Å². The average Bonchev–Trinajstić information content (AvgIpc) is 3.25. The molecule has 0 spiro atoms. The molecule has 1 aliphatic rings. The zero-order valence-corrected chi connectivity index (χ0v) is 19.7. The molecule has 1 aliphatic heterocycles. The quantitative estimate of drug-likeness (QED) is 0.403. The molecule has 0 bridgehead atoms. The summed E-state index contributed by atoms with van der Waals surface area (Å²) in [6.07, 6.45) is 4.41. The minimum absolute atomic E-state index is 0.212. The third-order valence-corrected chi connectivity index (χ3v) is 6.36. The first-order valence-electron chi connectivity index (χ1n) is 11.6. The van der Waals surface area contributed by atoms with Crippen LogP contribution < -0.4 is 10.1 Å². The Bertz CT molecular complexity index is 1160. The maximum Gasteiger partial charge on any atom is 0.310 e. The molecule has 33 heavy (non-hydrogen) atoms. The number of aromatic nitrogens is 2. The number of benzene rings is 2. The Balaban J connectivity index is 1.65. The number of nitrogens with one attached hydrogen (secondary N) is 1. The topological polar surface area (TPSA) is 73.2 Å². The van der Waals surface area contributed by atoms with Crippen LogP contribution in [0.4, 0.5) is 5.69 Å². The lowest BCUT2D eigenvalue weighted by molar-refractivity contribution is -0.133. The van der Waals surface area contributed by atoms with Gasteiger partial charge in [-0.1, -0.05) is 50.2 Å². The minimum atomic E-state index is -0.342. The van der Waals surface area contributed by atoms with Crippen LogP contribution in [0, 0.1) is 0 Å². The number of hydrogen-bond donors (Lipinski definition) is 1. The molecule has 1 atom stereocenters. The molecule has 1 aromatic heterocycles. The lowest BCUT2D eigenvalue weighted by Crippen LogP contribution is -2.37. The van der Waals surface area contributed by atoms with Crippen molar-refractivity contribution in [2.45, 2.75) is 64.8 Å². The number of carbonyl (C=O) groups excluding carboxylic acids is 2. The molecule has 2 aromatic carbocycles. The van der Waals surface area contributed by atoms with Crippen molar-refractivity contribution in [2.24, 2.45) is 0 Å². The molecule has 4 rings (SSSR count). The van der Waals surface area contributed by atoms with Crippen LogP contribution in [0.15, 0.2) is 54.7 Å². The summed E-state index contributed by atoms with van der Waals surface area (Å²) in [5.74, 6) is 0.0743. The van der Waals surface area contributed by atoms with Crippen molar-refractivity contribution in [3.8, 4) is 5.75 Å². The molecular weight excluding hydrogens is 414 g/mol. The number of anilines is 1. The standard InChI is InChI=1S/C27H31N3O3/c1-5-18-12-13-24(33-25(31)6-2)22(14-18)29-26(32)21-17-28-30-23(21)15-20(16-27(30,3)4)19-10-8-7-9-11-19/h7-14,17,20H,5-6,15-16H2,1-4H3,(H,29,32)/t20-/m0/s1. The fourth-order valence-corrected chi connectivity index (χ4v) is 4.61. The molecule has 3 aromatic rings. The number of fused-ring (bicyclic) bond motifs is 1. The van der Waals surface area contributed by atoms with E-state index >= 15 is 0 Å². The third kappa shape index (κ3) is 4.70. The number of aryl methyl sites for hydroxylation is 1. The highest BCUT2D eigenvalue weighted by Gasteiger charge is 2.36. The van der Waals surface area contributed by atoms with Gasteiger partial charge in [-0.3, -0.25) is 14.3 Å². The van der Waals surface area contributed by atoms with Crippen LogP contribution in [-0.2, 0) is 23.2 Å². The fraction of sp³-hybridized carbons (Fsp3) is 0.370. The second kappa shape index (κ2) is 9.22. The predicted molar refractivity (Wildman–Crippen MR) is 129 cm³/mol. The van der Waals surface area contributed by atoms with E-state index in [9.17, 15) is 9.59 Å². The Morgan fingerprint density at radius 3 is 2.61 bits per heavy atom. The molecule has 0 radical (unpaired) electrons. The summed E-state index contributed by atoms with van der Waals surface area (Å²) in [5.41, 5.74) is 4.08. The van der Waals surface area contributed by atoms with Crippen molar-refractivity contribution in [1.29, 1.82) is 0 Å². The maximum atomic E-state index is 13.4. The van der Waals surface area contributed by atoms with E-state index < -0.39 is 0 Å². The highest BCUT2D eigenvalue weighted by atomic mass is 16.5. The highest BCUT2D eigenvalue weighted by Crippen LogP contribution is 2.40. The van der Waals surface area contributed by atoms with Gasteiger partial charge in [0, 0.05) is 6.42 Å². The lowest BCUT2D eigenvalue weighted by Gasteiger charge is -2.37. The smallest absolute Gasteiger partial charge is 0.310 e. The van der Waals surface area contributed by atoms with E-state index in [2.05, 4.69) is 48.5 Å². The summed E-state index contributed by atoms with van der Waals surface area (Å²) in [6, 6.07) is 15.9. The Morgan fingerprint density at radius 1 is 1.15 bits per heavy atom. The third-order valence-electron chi connectivity index (χ3n) is 6.36. The van der Waals surface area contributed by atoms with E-state index in [0.29, 0.717) is 22.9 Å². The first-order chi connectivity index (χ1) is 15.8. The van der Waals surface area contributed by atoms with Crippen molar-refractivity contribution in [3.05, 3.63) is 77.1 Å². The molecule has 172 valence electrons. The number of esters is 1. The van der Waals surface area contributed by atoms with E-state index in [1.165, 1.54) is 5.56 Å². The zero-order chi connectivity index (χ0) is 23.6. The van der Waals surface area contributed by atoms with E-state index in [4.69, 9.17) is 4.74 Å². The van der Waals surface area contributed by atoms with Crippen LogP contribution in [-0.4, -0.2) is 21.7 Å². The molecule has 0 saturated carbocycles. The molecule has 1 amide bonds. The van der Waals surface area contributed by atoms with E-state index in [1.807, 2.05) is 29.8 Å². The normalized spacial score (nSPS) is 16.7. The summed E-state index contributed by atoms with van der Waals surface area (Å²) in [4.78, 5) is 25.3. The van der Waals surface area contributed by atoms with Gasteiger partial charge in [-0.2, -0.15) is 5.10 Å². The second-order valence-electron chi connectivity index (χ2n) is 9.21. The van der Waals surface area contributed by atoms with Gasteiger partial charge in [-0.05, 0) is 62.3 Å². The van der Waals surface area contributed by atoms with Gasteiger partial charge in [0.15, 0.2) is 5.75 Å². The van der Waals surface area contributed by atoms with E-state index in [1.54, 1.807) is 19.2 Å². The van der Waals surface area contributed by atoms with Crippen molar-refractivity contribution in [2.75, 3.05) is 5.32 Å².